The lowest BCUT2D eigenvalue weighted by atomic mass is 9.65. The number of aliphatic hydroxyl groups excluding tert-OH is 1. The van der Waals surface area contributed by atoms with E-state index in [-0.39, 0.29) is 23.4 Å². The standard InChI is InChI=1S/C14H26O2/c1-9(10(2)15)12-8-11(14(3,4)5)6-7-13(12)16/h9-12,15H,6-8H2,1-5H3. The molecule has 1 N–H and O–H groups in total. The van der Waals surface area contributed by atoms with Gasteiger partial charge in [-0.1, -0.05) is 27.7 Å². The first kappa shape index (κ1) is 13.7. The number of Topliss-reactive ketones (excluding diaryl/α,β-unsaturated/α-hetero) is 1. The van der Waals surface area contributed by atoms with Crippen LogP contribution in [0.25, 0.3) is 0 Å². The lowest BCUT2D eigenvalue weighted by molar-refractivity contribution is -0.130. The number of rotatable bonds is 2. The number of carbonyl (C=O) groups excluding carboxylic acids is 1. The molecule has 1 saturated carbocycles. The fourth-order valence-corrected chi connectivity index (χ4v) is 2.69. The summed E-state index contributed by atoms with van der Waals surface area (Å²) in [6.07, 6.45) is 2.29. The smallest absolute Gasteiger partial charge is 0.136 e. The molecule has 0 bridgehead atoms. The van der Waals surface area contributed by atoms with E-state index < -0.39 is 0 Å². The summed E-state index contributed by atoms with van der Waals surface area (Å²) in [5.41, 5.74) is 0.275. The van der Waals surface area contributed by atoms with Gasteiger partial charge in [-0.3, -0.25) is 4.79 Å². The number of carbonyl (C=O) groups is 1. The molecule has 0 aromatic rings. The van der Waals surface area contributed by atoms with Crippen molar-refractivity contribution in [1.29, 1.82) is 0 Å². The van der Waals surface area contributed by atoms with Gasteiger partial charge < -0.3 is 5.11 Å². The second kappa shape index (κ2) is 4.87. The van der Waals surface area contributed by atoms with Crippen molar-refractivity contribution in [2.45, 2.75) is 60.0 Å². The molecule has 2 nitrogen and oxygen atoms in total. The summed E-state index contributed by atoms with van der Waals surface area (Å²) in [6.45, 7) is 10.5. The maximum atomic E-state index is 11.9. The van der Waals surface area contributed by atoms with Crippen LogP contribution < -0.4 is 0 Å². The third-order valence-electron chi connectivity index (χ3n) is 4.31. The molecular formula is C14H26O2. The zero-order chi connectivity index (χ0) is 12.5. The highest BCUT2D eigenvalue weighted by molar-refractivity contribution is 5.82. The molecule has 0 saturated heterocycles. The summed E-state index contributed by atoms with van der Waals surface area (Å²) in [6, 6.07) is 0. The van der Waals surface area contributed by atoms with Crippen molar-refractivity contribution in [3.05, 3.63) is 0 Å². The first-order valence-electron chi connectivity index (χ1n) is 6.44. The molecule has 1 rings (SSSR count). The molecule has 1 fully saturated rings. The van der Waals surface area contributed by atoms with E-state index in [1.54, 1.807) is 6.92 Å². The number of ketones is 1. The first-order valence-corrected chi connectivity index (χ1v) is 6.44. The second-order valence-electron chi connectivity index (χ2n) is 6.51. The van der Waals surface area contributed by atoms with Gasteiger partial charge in [0.15, 0.2) is 0 Å². The van der Waals surface area contributed by atoms with Crippen LogP contribution in [-0.2, 0) is 4.79 Å². The van der Waals surface area contributed by atoms with Crippen LogP contribution in [0, 0.1) is 23.2 Å². The van der Waals surface area contributed by atoms with Gasteiger partial charge in [-0.15, -0.1) is 0 Å². The highest BCUT2D eigenvalue weighted by Crippen LogP contribution is 2.41. The van der Waals surface area contributed by atoms with Gasteiger partial charge in [0, 0.05) is 12.3 Å². The Morgan fingerprint density at radius 1 is 1.31 bits per heavy atom. The van der Waals surface area contributed by atoms with Crippen molar-refractivity contribution in [2.75, 3.05) is 0 Å². The molecule has 1 aliphatic rings. The van der Waals surface area contributed by atoms with Crippen LogP contribution in [0.2, 0.25) is 0 Å². The van der Waals surface area contributed by atoms with Crippen LogP contribution in [-0.4, -0.2) is 17.0 Å². The minimum Gasteiger partial charge on any atom is -0.393 e. The molecule has 0 spiro atoms. The lowest BCUT2D eigenvalue weighted by Gasteiger charge is -2.39. The molecule has 0 amide bonds. The van der Waals surface area contributed by atoms with E-state index in [2.05, 4.69) is 20.8 Å². The molecule has 0 aromatic heterocycles. The van der Waals surface area contributed by atoms with Crippen LogP contribution in [0.5, 0.6) is 0 Å². The molecule has 0 heterocycles. The van der Waals surface area contributed by atoms with Crippen LogP contribution in [0.15, 0.2) is 0 Å². The Bertz CT molecular complexity index is 250. The largest absolute Gasteiger partial charge is 0.393 e. The van der Waals surface area contributed by atoms with Crippen LogP contribution in [0.1, 0.15) is 53.9 Å². The third kappa shape index (κ3) is 3.07. The quantitative estimate of drug-likeness (QED) is 0.786. The van der Waals surface area contributed by atoms with Gasteiger partial charge in [0.25, 0.3) is 0 Å². The van der Waals surface area contributed by atoms with Crippen molar-refractivity contribution in [3.63, 3.8) is 0 Å². The monoisotopic (exact) mass is 226 g/mol. The molecule has 0 aromatic carbocycles. The SMILES string of the molecule is CC(O)C(C)C1CC(C(C)(C)C)CCC1=O. The average molecular weight is 226 g/mol. The average Bonchev–Trinajstić information content (AvgIpc) is 2.15. The predicted molar refractivity (Wildman–Crippen MR) is 66.1 cm³/mol. The summed E-state index contributed by atoms with van der Waals surface area (Å²) >= 11 is 0. The number of aliphatic hydroxyl groups is 1. The minimum absolute atomic E-state index is 0.0676. The molecule has 0 radical (unpaired) electrons. The molecule has 16 heavy (non-hydrogen) atoms. The Labute approximate surface area is 99.4 Å². The molecule has 4 unspecified atom stereocenters. The summed E-state index contributed by atoms with van der Waals surface area (Å²) < 4.78 is 0. The normalized spacial score (nSPS) is 31.2. The molecule has 94 valence electrons. The fourth-order valence-electron chi connectivity index (χ4n) is 2.69. The van der Waals surface area contributed by atoms with Gasteiger partial charge in [-0.05, 0) is 37.0 Å². The van der Waals surface area contributed by atoms with Crippen LogP contribution >= 0.6 is 0 Å². The number of hydrogen-bond donors (Lipinski definition) is 1. The highest BCUT2D eigenvalue weighted by Gasteiger charge is 2.38. The van der Waals surface area contributed by atoms with E-state index in [1.807, 2.05) is 6.92 Å². The lowest BCUT2D eigenvalue weighted by Crippen LogP contribution is -2.37. The fraction of sp³-hybridized carbons (Fsp3) is 0.929. The van der Waals surface area contributed by atoms with E-state index in [0.29, 0.717) is 18.1 Å². The second-order valence-corrected chi connectivity index (χ2v) is 6.51. The maximum absolute atomic E-state index is 11.9. The molecule has 4 atom stereocenters. The Hall–Kier alpha value is -0.370. The first-order chi connectivity index (χ1) is 7.23. The molecule has 0 aliphatic heterocycles. The predicted octanol–water partition coefficient (Wildman–Crippen LogP) is 3.03. The van der Waals surface area contributed by atoms with Gasteiger partial charge in [-0.2, -0.15) is 0 Å². The van der Waals surface area contributed by atoms with E-state index in [9.17, 15) is 9.90 Å². The summed E-state index contributed by atoms with van der Waals surface area (Å²) in [7, 11) is 0. The van der Waals surface area contributed by atoms with Crippen LogP contribution in [0.4, 0.5) is 0 Å². The van der Waals surface area contributed by atoms with E-state index in [0.717, 1.165) is 12.8 Å². The zero-order valence-electron chi connectivity index (χ0n) is 11.3. The van der Waals surface area contributed by atoms with Crippen LogP contribution in [0.3, 0.4) is 0 Å². The third-order valence-corrected chi connectivity index (χ3v) is 4.31. The van der Waals surface area contributed by atoms with Crippen molar-refractivity contribution in [2.24, 2.45) is 23.2 Å². The van der Waals surface area contributed by atoms with Gasteiger partial charge in [0.2, 0.25) is 0 Å². The van der Waals surface area contributed by atoms with E-state index in [4.69, 9.17) is 0 Å². The van der Waals surface area contributed by atoms with E-state index in [1.165, 1.54) is 0 Å². The summed E-state index contributed by atoms with van der Waals surface area (Å²) in [5.74, 6) is 1.13. The summed E-state index contributed by atoms with van der Waals surface area (Å²) in [5, 5.41) is 9.63. The van der Waals surface area contributed by atoms with Crippen molar-refractivity contribution >= 4 is 5.78 Å². The Morgan fingerprint density at radius 2 is 1.88 bits per heavy atom. The molecule has 2 heteroatoms. The number of hydrogen-bond acceptors (Lipinski definition) is 2. The van der Waals surface area contributed by atoms with Crippen molar-refractivity contribution < 1.29 is 9.90 Å². The maximum Gasteiger partial charge on any atom is 0.136 e. The Balaban J connectivity index is 2.73. The zero-order valence-corrected chi connectivity index (χ0v) is 11.3. The van der Waals surface area contributed by atoms with Gasteiger partial charge in [0.05, 0.1) is 6.10 Å². The highest BCUT2D eigenvalue weighted by atomic mass is 16.3. The van der Waals surface area contributed by atoms with Gasteiger partial charge >= 0.3 is 0 Å². The summed E-state index contributed by atoms with van der Waals surface area (Å²) in [4.78, 5) is 11.9. The molecular weight excluding hydrogens is 200 g/mol. The van der Waals surface area contributed by atoms with Crippen molar-refractivity contribution in [1.82, 2.24) is 0 Å². The van der Waals surface area contributed by atoms with E-state index >= 15 is 0 Å². The Kier molecular flexibility index (Phi) is 4.17. The van der Waals surface area contributed by atoms with Gasteiger partial charge in [-0.25, -0.2) is 0 Å². The topological polar surface area (TPSA) is 37.3 Å². The minimum atomic E-state index is -0.382. The van der Waals surface area contributed by atoms with Gasteiger partial charge in [0.1, 0.15) is 5.78 Å². The Morgan fingerprint density at radius 3 is 2.31 bits per heavy atom. The van der Waals surface area contributed by atoms with Crippen molar-refractivity contribution in [3.8, 4) is 0 Å². The molecule has 1 aliphatic carbocycles.